The van der Waals surface area contributed by atoms with Gasteiger partial charge in [-0.05, 0) is 25.0 Å². The van der Waals surface area contributed by atoms with Crippen LogP contribution in [-0.2, 0) is 0 Å². The highest BCUT2D eigenvalue weighted by Crippen LogP contribution is 2.30. The van der Waals surface area contributed by atoms with Gasteiger partial charge in [0.25, 0.3) is 11.6 Å². The molecule has 0 aliphatic heterocycles. The van der Waals surface area contributed by atoms with Gasteiger partial charge in [0, 0.05) is 20.2 Å². The van der Waals surface area contributed by atoms with E-state index in [9.17, 15) is 14.9 Å². The lowest BCUT2D eigenvalue weighted by Gasteiger charge is -2.12. The molecule has 6 heteroatoms. The van der Waals surface area contributed by atoms with Crippen molar-refractivity contribution in [3.8, 4) is 5.75 Å². The molecule has 1 amide bonds. The largest absolute Gasteiger partial charge is 0.490 e. The SMILES string of the molecule is CN(C)C(=O)c1cc(OC2CC2)ccc1[N+](=O)[O-]. The number of hydrogen-bond donors (Lipinski definition) is 0. The second-order valence-electron chi connectivity index (χ2n) is 4.45. The van der Waals surface area contributed by atoms with Crippen molar-refractivity contribution < 1.29 is 14.5 Å². The normalized spacial score (nSPS) is 14.1. The van der Waals surface area contributed by atoms with E-state index in [1.165, 1.54) is 23.1 Å². The third-order valence-electron chi connectivity index (χ3n) is 2.63. The summed E-state index contributed by atoms with van der Waals surface area (Å²) in [6.45, 7) is 0. The van der Waals surface area contributed by atoms with Crippen molar-refractivity contribution in [2.75, 3.05) is 14.1 Å². The van der Waals surface area contributed by atoms with E-state index in [4.69, 9.17) is 4.74 Å². The molecule has 0 bridgehead atoms. The average molecular weight is 250 g/mol. The molecule has 1 fully saturated rings. The number of nitrogens with zero attached hydrogens (tertiary/aromatic N) is 2. The van der Waals surface area contributed by atoms with E-state index in [2.05, 4.69) is 0 Å². The number of ether oxygens (including phenoxy) is 1. The van der Waals surface area contributed by atoms with Crippen molar-refractivity contribution in [1.82, 2.24) is 4.90 Å². The van der Waals surface area contributed by atoms with Crippen molar-refractivity contribution in [1.29, 1.82) is 0 Å². The molecule has 0 radical (unpaired) electrons. The first-order valence-corrected chi connectivity index (χ1v) is 5.66. The molecule has 0 aromatic heterocycles. The zero-order valence-corrected chi connectivity index (χ0v) is 10.3. The minimum absolute atomic E-state index is 0.0585. The monoisotopic (exact) mass is 250 g/mol. The summed E-state index contributed by atoms with van der Waals surface area (Å²) in [5.41, 5.74) is -0.139. The van der Waals surface area contributed by atoms with Crippen LogP contribution in [0.4, 0.5) is 5.69 Å². The Balaban J connectivity index is 2.36. The molecule has 1 saturated carbocycles. The Morgan fingerprint density at radius 3 is 2.61 bits per heavy atom. The van der Waals surface area contributed by atoms with Gasteiger partial charge < -0.3 is 9.64 Å². The maximum Gasteiger partial charge on any atom is 0.282 e. The molecule has 0 unspecified atom stereocenters. The summed E-state index contributed by atoms with van der Waals surface area (Å²) < 4.78 is 5.54. The Morgan fingerprint density at radius 1 is 1.44 bits per heavy atom. The average Bonchev–Trinajstić information content (AvgIpc) is 3.11. The molecule has 0 atom stereocenters. The van der Waals surface area contributed by atoms with Gasteiger partial charge in [-0.3, -0.25) is 14.9 Å². The van der Waals surface area contributed by atoms with E-state index in [0.29, 0.717) is 5.75 Å². The summed E-state index contributed by atoms with van der Waals surface area (Å²) in [6, 6.07) is 4.29. The van der Waals surface area contributed by atoms with Gasteiger partial charge in [0.05, 0.1) is 11.0 Å². The van der Waals surface area contributed by atoms with Crippen LogP contribution in [-0.4, -0.2) is 35.9 Å². The number of carbonyl (C=O) groups is 1. The van der Waals surface area contributed by atoms with Crippen molar-refractivity contribution in [2.45, 2.75) is 18.9 Å². The van der Waals surface area contributed by atoms with Crippen LogP contribution in [0.2, 0.25) is 0 Å². The van der Waals surface area contributed by atoms with Gasteiger partial charge in [0.2, 0.25) is 0 Å². The molecular formula is C12H14N2O4. The lowest BCUT2D eigenvalue weighted by Crippen LogP contribution is -2.22. The highest BCUT2D eigenvalue weighted by Gasteiger charge is 2.26. The van der Waals surface area contributed by atoms with Crippen LogP contribution in [0.1, 0.15) is 23.2 Å². The summed E-state index contributed by atoms with van der Waals surface area (Å²) >= 11 is 0. The van der Waals surface area contributed by atoms with Gasteiger partial charge in [-0.25, -0.2) is 0 Å². The fourth-order valence-electron chi connectivity index (χ4n) is 1.54. The molecule has 0 saturated heterocycles. The third kappa shape index (κ3) is 2.58. The van der Waals surface area contributed by atoms with E-state index >= 15 is 0 Å². The smallest absolute Gasteiger partial charge is 0.282 e. The third-order valence-corrected chi connectivity index (χ3v) is 2.63. The Kier molecular flexibility index (Phi) is 3.18. The highest BCUT2D eigenvalue weighted by atomic mass is 16.6. The van der Waals surface area contributed by atoms with Crippen molar-refractivity contribution in [3.05, 3.63) is 33.9 Å². The summed E-state index contributed by atoms with van der Waals surface area (Å²) in [7, 11) is 3.11. The predicted molar refractivity (Wildman–Crippen MR) is 64.8 cm³/mol. The Bertz CT molecular complexity index is 495. The van der Waals surface area contributed by atoms with Crippen LogP contribution >= 0.6 is 0 Å². The Labute approximate surface area is 104 Å². The first-order chi connectivity index (χ1) is 8.49. The van der Waals surface area contributed by atoms with Crippen molar-refractivity contribution >= 4 is 11.6 Å². The van der Waals surface area contributed by atoms with Crippen LogP contribution in [0.15, 0.2) is 18.2 Å². The molecule has 6 nitrogen and oxygen atoms in total. The molecule has 0 spiro atoms. The number of rotatable bonds is 4. The van der Waals surface area contributed by atoms with Gasteiger partial charge in [0.1, 0.15) is 11.3 Å². The van der Waals surface area contributed by atoms with Gasteiger partial charge in [-0.15, -0.1) is 0 Å². The van der Waals surface area contributed by atoms with E-state index < -0.39 is 10.8 Å². The Hall–Kier alpha value is -2.11. The van der Waals surface area contributed by atoms with Crippen LogP contribution in [0.5, 0.6) is 5.75 Å². The number of carbonyl (C=O) groups excluding carboxylic acids is 1. The van der Waals surface area contributed by atoms with Crippen LogP contribution in [0.25, 0.3) is 0 Å². The topological polar surface area (TPSA) is 72.7 Å². The van der Waals surface area contributed by atoms with E-state index in [-0.39, 0.29) is 17.4 Å². The molecule has 0 N–H and O–H groups in total. The lowest BCUT2D eigenvalue weighted by atomic mass is 10.1. The number of nitro groups is 1. The summed E-state index contributed by atoms with van der Waals surface area (Å²) in [5.74, 6) is 0.108. The van der Waals surface area contributed by atoms with Gasteiger partial charge in [0.15, 0.2) is 0 Å². The van der Waals surface area contributed by atoms with Gasteiger partial charge >= 0.3 is 0 Å². The van der Waals surface area contributed by atoms with Crippen molar-refractivity contribution in [2.24, 2.45) is 0 Å². The summed E-state index contributed by atoms with van der Waals surface area (Å²) in [5, 5.41) is 10.9. The van der Waals surface area contributed by atoms with E-state index in [0.717, 1.165) is 12.8 Å². The number of nitro benzene ring substituents is 1. The highest BCUT2D eigenvalue weighted by molar-refractivity contribution is 5.98. The number of benzene rings is 1. The van der Waals surface area contributed by atoms with Crippen molar-refractivity contribution in [3.63, 3.8) is 0 Å². The Morgan fingerprint density at radius 2 is 2.11 bits per heavy atom. The predicted octanol–water partition coefficient (Wildman–Crippen LogP) is 1.84. The number of amides is 1. The minimum Gasteiger partial charge on any atom is -0.490 e. The zero-order valence-electron chi connectivity index (χ0n) is 10.3. The maximum atomic E-state index is 11.9. The molecule has 18 heavy (non-hydrogen) atoms. The molecule has 2 rings (SSSR count). The molecule has 0 heterocycles. The standard InChI is InChI=1S/C12H14N2O4/c1-13(2)12(15)10-7-9(18-8-3-4-8)5-6-11(10)14(16)17/h5-8H,3-4H2,1-2H3. The number of hydrogen-bond acceptors (Lipinski definition) is 4. The quantitative estimate of drug-likeness (QED) is 0.603. The second-order valence-corrected chi connectivity index (χ2v) is 4.45. The van der Waals surface area contributed by atoms with Gasteiger partial charge in [-0.2, -0.15) is 0 Å². The molecule has 1 aliphatic carbocycles. The first-order valence-electron chi connectivity index (χ1n) is 5.66. The van der Waals surface area contributed by atoms with E-state index in [1.54, 1.807) is 14.1 Å². The van der Waals surface area contributed by atoms with E-state index in [1.807, 2.05) is 0 Å². The lowest BCUT2D eigenvalue weighted by molar-refractivity contribution is -0.385. The van der Waals surface area contributed by atoms with Gasteiger partial charge in [-0.1, -0.05) is 0 Å². The minimum atomic E-state index is -0.558. The van der Waals surface area contributed by atoms with Crippen LogP contribution in [0.3, 0.4) is 0 Å². The zero-order chi connectivity index (χ0) is 13.3. The van der Waals surface area contributed by atoms with Crippen LogP contribution in [0, 0.1) is 10.1 Å². The summed E-state index contributed by atoms with van der Waals surface area (Å²) in [4.78, 5) is 23.5. The molecular weight excluding hydrogens is 236 g/mol. The second kappa shape index (κ2) is 4.64. The summed E-state index contributed by atoms with van der Waals surface area (Å²) in [6.07, 6.45) is 2.18. The fourth-order valence-corrected chi connectivity index (χ4v) is 1.54. The maximum absolute atomic E-state index is 11.9. The molecule has 96 valence electrons. The van der Waals surface area contributed by atoms with Crippen LogP contribution < -0.4 is 4.74 Å². The molecule has 1 aromatic rings. The molecule has 1 aromatic carbocycles. The first kappa shape index (κ1) is 12.3. The molecule has 1 aliphatic rings. The fraction of sp³-hybridized carbons (Fsp3) is 0.417.